The van der Waals surface area contributed by atoms with Crippen LogP contribution in [-0.2, 0) is 11.0 Å². The summed E-state index contributed by atoms with van der Waals surface area (Å²) in [6.45, 7) is 1.24. The highest BCUT2D eigenvalue weighted by molar-refractivity contribution is 7.18. The van der Waals surface area contributed by atoms with Crippen LogP contribution in [0.5, 0.6) is 0 Å². The maximum absolute atomic E-state index is 14.4. The number of hydrogen-bond donors (Lipinski definition) is 1. The van der Waals surface area contributed by atoms with Gasteiger partial charge in [0, 0.05) is 13.6 Å². The Balaban J connectivity index is 1.77. The molecule has 1 N–H and O–H groups in total. The summed E-state index contributed by atoms with van der Waals surface area (Å²) in [6, 6.07) is 0.265. The fraction of sp³-hybridized carbons (Fsp3) is 0.263. The van der Waals surface area contributed by atoms with Crippen molar-refractivity contribution in [1.82, 2.24) is 15.3 Å². The molecule has 3 amide bonds. The normalized spacial score (nSPS) is 16.4. The first-order chi connectivity index (χ1) is 15.4. The van der Waals surface area contributed by atoms with E-state index in [1.54, 1.807) is 0 Å². The Kier molecular flexibility index (Phi) is 5.65. The lowest BCUT2D eigenvalue weighted by molar-refractivity contribution is -0.136. The molecule has 0 aliphatic carbocycles. The van der Waals surface area contributed by atoms with Gasteiger partial charge in [0.15, 0.2) is 5.82 Å². The first-order valence-corrected chi connectivity index (χ1v) is 10.4. The molecule has 0 bridgehead atoms. The number of nitrogens with one attached hydrogen (secondary N) is 1. The Morgan fingerprint density at radius 3 is 2.67 bits per heavy atom. The number of anilines is 2. The number of halogens is 6. The molecule has 0 radical (unpaired) electrons. The molecule has 3 heterocycles. The number of nitrogens with zero attached hydrogens (tertiary/aromatic N) is 4. The zero-order chi connectivity index (χ0) is 24.2. The third-order valence-corrected chi connectivity index (χ3v) is 6.19. The van der Waals surface area contributed by atoms with Gasteiger partial charge in [-0.2, -0.15) is 13.2 Å². The summed E-state index contributed by atoms with van der Waals surface area (Å²) in [6.07, 6.45) is -4.79. The van der Waals surface area contributed by atoms with Crippen LogP contribution in [-0.4, -0.2) is 41.5 Å². The number of pyridine rings is 1. The van der Waals surface area contributed by atoms with Gasteiger partial charge in [0.25, 0.3) is 5.91 Å². The molecule has 1 fully saturated rings. The minimum atomic E-state index is -4.79. The minimum absolute atomic E-state index is 0.0621. The van der Waals surface area contributed by atoms with Crippen molar-refractivity contribution in [3.8, 4) is 0 Å². The molecule has 7 nitrogen and oxygen atoms in total. The van der Waals surface area contributed by atoms with Crippen LogP contribution in [0.3, 0.4) is 0 Å². The van der Waals surface area contributed by atoms with Crippen LogP contribution in [0.25, 0.3) is 10.3 Å². The summed E-state index contributed by atoms with van der Waals surface area (Å²) in [7, 11) is 1.17. The van der Waals surface area contributed by atoms with Gasteiger partial charge in [-0.3, -0.25) is 9.69 Å². The van der Waals surface area contributed by atoms with Crippen molar-refractivity contribution in [3.63, 3.8) is 0 Å². The van der Waals surface area contributed by atoms with Crippen molar-refractivity contribution >= 4 is 56.7 Å². The second-order valence-corrected chi connectivity index (χ2v) is 8.64. The molecule has 0 unspecified atom stereocenters. The number of aryl methyl sites for hydroxylation is 1. The van der Waals surface area contributed by atoms with Gasteiger partial charge in [-0.15, -0.1) is 0 Å². The summed E-state index contributed by atoms with van der Waals surface area (Å²) < 4.78 is 68.9. The molecule has 1 aromatic carbocycles. The number of benzene rings is 1. The number of fused-ring (bicyclic) bond motifs is 1. The zero-order valence-electron chi connectivity index (χ0n) is 16.8. The third kappa shape index (κ3) is 3.95. The summed E-state index contributed by atoms with van der Waals surface area (Å²) >= 11 is 6.47. The van der Waals surface area contributed by atoms with Gasteiger partial charge in [-0.1, -0.05) is 22.9 Å². The van der Waals surface area contributed by atoms with Crippen molar-refractivity contribution < 1.29 is 31.5 Å². The Hall–Kier alpha value is -3.06. The summed E-state index contributed by atoms with van der Waals surface area (Å²) in [5.74, 6) is -3.51. The largest absolute Gasteiger partial charge is 0.418 e. The number of carbonyl (C=O) groups excluding carboxylic acids is 2. The SMILES string of the molecule is Cc1nc2c(C(F)(F)F)cc(N3C(=O)NC[C@H]3C(=O)N(C)c3ccc(F)c(Cl)c3F)nc2s1. The molecular formula is C19H13ClF5N5O2S. The highest BCUT2D eigenvalue weighted by Crippen LogP contribution is 2.38. The number of aromatic nitrogens is 2. The number of likely N-dealkylation sites (N-methyl/N-ethyl adjacent to an activating group) is 1. The minimum Gasteiger partial charge on any atom is -0.335 e. The van der Waals surface area contributed by atoms with Crippen LogP contribution in [0.15, 0.2) is 18.2 Å². The van der Waals surface area contributed by atoms with E-state index in [1.165, 1.54) is 14.0 Å². The first kappa shape index (κ1) is 23.1. The van der Waals surface area contributed by atoms with Gasteiger partial charge in [0.2, 0.25) is 0 Å². The number of amides is 3. The van der Waals surface area contributed by atoms with Crippen LogP contribution < -0.4 is 15.1 Å². The topological polar surface area (TPSA) is 78.4 Å². The molecule has 4 rings (SSSR count). The lowest BCUT2D eigenvalue weighted by Crippen LogP contribution is -2.47. The van der Waals surface area contributed by atoms with E-state index >= 15 is 0 Å². The van der Waals surface area contributed by atoms with Crippen molar-refractivity contribution in [2.45, 2.75) is 19.1 Å². The molecule has 3 aromatic rings. The van der Waals surface area contributed by atoms with Crippen molar-refractivity contribution in [2.24, 2.45) is 0 Å². The maximum atomic E-state index is 14.4. The Labute approximate surface area is 191 Å². The molecule has 174 valence electrons. The second-order valence-electron chi connectivity index (χ2n) is 7.08. The van der Waals surface area contributed by atoms with Crippen LogP contribution >= 0.6 is 22.9 Å². The molecular weight excluding hydrogens is 493 g/mol. The molecule has 1 aliphatic heterocycles. The van der Waals surface area contributed by atoms with E-state index in [-0.39, 0.29) is 22.6 Å². The van der Waals surface area contributed by atoms with E-state index in [0.717, 1.165) is 33.3 Å². The summed E-state index contributed by atoms with van der Waals surface area (Å²) in [5.41, 5.74) is -1.85. The van der Waals surface area contributed by atoms with Gasteiger partial charge >= 0.3 is 12.2 Å². The summed E-state index contributed by atoms with van der Waals surface area (Å²) in [5, 5.41) is 1.89. The van der Waals surface area contributed by atoms with Crippen LogP contribution in [0.2, 0.25) is 5.02 Å². The van der Waals surface area contributed by atoms with E-state index in [2.05, 4.69) is 15.3 Å². The van der Waals surface area contributed by atoms with Crippen LogP contribution in [0.1, 0.15) is 10.6 Å². The summed E-state index contributed by atoms with van der Waals surface area (Å²) in [4.78, 5) is 35.1. The van der Waals surface area contributed by atoms with Gasteiger partial charge < -0.3 is 10.2 Å². The maximum Gasteiger partial charge on any atom is 0.418 e. The molecule has 1 aliphatic rings. The molecule has 0 spiro atoms. The predicted molar refractivity (Wildman–Crippen MR) is 112 cm³/mol. The van der Waals surface area contributed by atoms with E-state index in [0.29, 0.717) is 11.1 Å². The number of thiazole rings is 1. The van der Waals surface area contributed by atoms with Gasteiger partial charge in [-0.25, -0.2) is 23.5 Å². The lowest BCUT2D eigenvalue weighted by Gasteiger charge is -2.27. The van der Waals surface area contributed by atoms with Gasteiger partial charge in [0.05, 0.1) is 16.3 Å². The highest BCUT2D eigenvalue weighted by Gasteiger charge is 2.42. The Morgan fingerprint density at radius 2 is 2.00 bits per heavy atom. The monoisotopic (exact) mass is 505 g/mol. The first-order valence-electron chi connectivity index (χ1n) is 9.23. The third-order valence-electron chi connectivity index (χ3n) is 4.98. The van der Waals surface area contributed by atoms with Crippen LogP contribution in [0.4, 0.5) is 38.3 Å². The number of hydrogen-bond acceptors (Lipinski definition) is 5. The molecule has 0 saturated carbocycles. The second kappa shape index (κ2) is 8.06. The zero-order valence-corrected chi connectivity index (χ0v) is 18.4. The van der Waals surface area contributed by atoms with E-state index in [4.69, 9.17) is 11.6 Å². The van der Waals surface area contributed by atoms with Crippen molar-refractivity contribution in [1.29, 1.82) is 0 Å². The molecule has 14 heteroatoms. The van der Waals surface area contributed by atoms with Gasteiger partial charge in [0.1, 0.15) is 33.0 Å². The molecule has 1 atom stereocenters. The molecule has 33 heavy (non-hydrogen) atoms. The molecule has 1 saturated heterocycles. The quantitative estimate of drug-likeness (QED) is 0.420. The average molecular weight is 506 g/mol. The van der Waals surface area contributed by atoms with Gasteiger partial charge in [-0.05, 0) is 25.1 Å². The van der Waals surface area contributed by atoms with Crippen LogP contribution in [0, 0.1) is 18.6 Å². The predicted octanol–water partition coefficient (Wildman–Crippen LogP) is 4.51. The number of carbonyl (C=O) groups is 2. The fourth-order valence-electron chi connectivity index (χ4n) is 3.42. The Morgan fingerprint density at radius 1 is 1.30 bits per heavy atom. The standard InChI is InChI=1S/C19H13ClF5N5O2S/c1-7-27-15-8(19(23,24)25)5-12(28-16(15)33-7)30-11(6-26-18(30)32)17(31)29(2)10-4-3-9(21)13(20)14(10)22/h3-5,11H,6H2,1-2H3,(H,26,32)/t11-/m0/s1. The number of rotatable bonds is 3. The average Bonchev–Trinajstić information content (AvgIpc) is 3.31. The molecule has 2 aromatic heterocycles. The lowest BCUT2D eigenvalue weighted by atomic mass is 10.2. The number of urea groups is 1. The van der Waals surface area contributed by atoms with E-state index in [9.17, 15) is 31.5 Å². The van der Waals surface area contributed by atoms with E-state index < -0.39 is 52.2 Å². The van der Waals surface area contributed by atoms with Crippen molar-refractivity contribution in [2.75, 3.05) is 23.4 Å². The highest BCUT2D eigenvalue weighted by atomic mass is 35.5. The van der Waals surface area contributed by atoms with E-state index in [1.807, 2.05) is 0 Å². The Bertz CT molecular complexity index is 1300. The van der Waals surface area contributed by atoms with Crippen molar-refractivity contribution in [3.05, 3.63) is 45.4 Å². The fourth-order valence-corrected chi connectivity index (χ4v) is 4.39. The smallest absolute Gasteiger partial charge is 0.335 e. The number of alkyl halides is 3.